The molecular formula is C10H10FNO4. The number of carbonyl (C=O) groups is 2. The number of amides is 1. The molecule has 0 radical (unpaired) electrons. The Morgan fingerprint density at radius 3 is 2.56 bits per heavy atom. The van der Waals surface area contributed by atoms with Gasteiger partial charge in [0.1, 0.15) is 18.1 Å². The van der Waals surface area contributed by atoms with Crippen LogP contribution in [0.2, 0.25) is 0 Å². The number of aliphatic carboxylic acids is 1. The fourth-order valence-electron chi connectivity index (χ4n) is 1.17. The maximum Gasteiger partial charge on any atom is 0.323 e. The SMILES string of the molecule is CN(CC(=O)O)C(=O)c1ccc(F)cc1O. The van der Waals surface area contributed by atoms with E-state index < -0.39 is 30.0 Å². The molecule has 0 saturated heterocycles. The zero-order chi connectivity index (χ0) is 12.3. The molecule has 1 aromatic carbocycles. The number of benzene rings is 1. The number of aromatic hydroxyl groups is 1. The van der Waals surface area contributed by atoms with Crippen molar-refractivity contribution in [2.75, 3.05) is 13.6 Å². The summed E-state index contributed by atoms with van der Waals surface area (Å²) >= 11 is 0. The Hall–Kier alpha value is -2.11. The third-order valence-electron chi connectivity index (χ3n) is 1.91. The van der Waals surface area contributed by atoms with Crippen molar-refractivity contribution in [2.24, 2.45) is 0 Å². The Kier molecular flexibility index (Phi) is 3.44. The minimum Gasteiger partial charge on any atom is -0.507 e. The Balaban J connectivity index is 2.92. The van der Waals surface area contributed by atoms with Crippen LogP contribution in [-0.4, -0.2) is 40.6 Å². The van der Waals surface area contributed by atoms with Gasteiger partial charge in [0.2, 0.25) is 0 Å². The Morgan fingerprint density at radius 2 is 2.06 bits per heavy atom. The van der Waals surface area contributed by atoms with Crippen LogP contribution >= 0.6 is 0 Å². The summed E-state index contributed by atoms with van der Waals surface area (Å²) < 4.78 is 12.6. The van der Waals surface area contributed by atoms with Crippen molar-refractivity contribution in [2.45, 2.75) is 0 Å². The molecule has 5 nitrogen and oxygen atoms in total. The zero-order valence-corrected chi connectivity index (χ0v) is 8.48. The number of phenols is 1. The smallest absolute Gasteiger partial charge is 0.323 e. The summed E-state index contributed by atoms with van der Waals surface area (Å²) in [7, 11) is 1.28. The lowest BCUT2D eigenvalue weighted by Crippen LogP contribution is -2.31. The first-order valence-corrected chi connectivity index (χ1v) is 4.37. The van der Waals surface area contributed by atoms with Crippen LogP contribution in [0.1, 0.15) is 10.4 Å². The predicted octanol–water partition coefficient (Wildman–Crippen LogP) is 0.688. The van der Waals surface area contributed by atoms with E-state index in [0.717, 1.165) is 23.1 Å². The molecule has 0 saturated carbocycles. The highest BCUT2D eigenvalue weighted by Gasteiger charge is 2.17. The molecule has 86 valence electrons. The van der Waals surface area contributed by atoms with E-state index in [1.54, 1.807) is 0 Å². The van der Waals surface area contributed by atoms with Gasteiger partial charge in [-0.3, -0.25) is 9.59 Å². The number of phenolic OH excluding ortho intramolecular Hbond substituents is 1. The summed E-state index contributed by atoms with van der Waals surface area (Å²) in [6.07, 6.45) is 0. The van der Waals surface area contributed by atoms with E-state index in [1.165, 1.54) is 7.05 Å². The number of carboxylic acid groups (broad SMARTS) is 1. The Labute approximate surface area is 90.7 Å². The number of rotatable bonds is 3. The normalized spacial score (nSPS) is 9.88. The van der Waals surface area contributed by atoms with Gasteiger partial charge in [0, 0.05) is 13.1 Å². The highest BCUT2D eigenvalue weighted by molar-refractivity contribution is 5.97. The molecule has 2 N–H and O–H groups in total. The number of hydrogen-bond acceptors (Lipinski definition) is 3. The largest absolute Gasteiger partial charge is 0.507 e. The second kappa shape index (κ2) is 4.61. The lowest BCUT2D eigenvalue weighted by Gasteiger charge is -2.15. The molecule has 0 heterocycles. The third kappa shape index (κ3) is 2.69. The van der Waals surface area contributed by atoms with E-state index in [9.17, 15) is 19.1 Å². The monoisotopic (exact) mass is 227 g/mol. The average molecular weight is 227 g/mol. The number of carboxylic acids is 1. The van der Waals surface area contributed by atoms with Crippen LogP contribution in [0.15, 0.2) is 18.2 Å². The maximum atomic E-state index is 12.6. The third-order valence-corrected chi connectivity index (χ3v) is 1.91. The van der Waals surface area contributed by atoms with Gasteiger partial charge >= 0.3 is 5.97 Å². The van der Waals surface area contributed by atoms with E-state index in [-0.39, 0.29) is 5.56 Å². The minimum absolute atomic E-state index is 0.134. The van der Waals surface area contributed by atoms with Crippen molar-refractivity contribution in [3.63, 3.8) is 0 Å². The highest BCUT2D eigenvalue weighted by atomic mass is 19.1. The molecule has 1 rings (SSSR count). The van der Waals surface area contributed by atoms with Gasteiger partial charge in [-0.05, 0) is 12.1 Å². The number of hydrogen-bond donors (Lipinski definition) is 2. The second-order valence-electron chi connectivity index (χ2n) is 3.22. The molecule has 0 aromatic heterocycles. The van der Waals surface area contributed by atoms with Crippen LogP contribution in [0, 0.1) is 5.82 Å². The van der Waals surface area contributed by atoms with Crippen molar-refractivity contribution in [3.05, 3.63) is 29.6 Å². The van der Waals surface area contributed by atoms with Gasteiger partial charge in [0.15, 0.2) is 0 Å². The summed E-state index contributed by atoms with van der Waals surface area (Å²) in [4.78, 5) is 22.9. The van der Waals surface area contributed by atoms with Gasteiger partial charge in [-0.1, -0.05) is 0 Å². The molecule has 0 spiro atoms. The fourth-order valence-corrected chi connectivity index (χ4v) is 1.17. The molecule has 0 unspecified atom stereocenters. The maximum absolute atomic E-state index is 12.6. The summed E-state index contributed by atoms with van der Waals surface area (Å²) in [6, 6.07) is 2.91. The molecule has 0 aliphatic heterocycles. The Morgan fingerprint density at radius 1 is 1.44 bits per heavy atom. The zero-order valence-electron chi connectivity index (χ0n) is 8.48. The minimum atomic E-state index is -1.17. The standard InChI is InChI=1S/C10H10FNO4/c1-12(5-9(14)15)10(16)7-3-2-6(11)4-8(7)13/h2-4,13H,5H2,1H3,(H,14,15). The van der Waals surface area contributed by atoms with Crippen LogP contribution in [0.3, 0.4) is 0 Å². The molecule has 0 bridgehead atoms. The summed E-state index contributed by atoms with van der Waals surface area (Å²) in [5, 5.41) is 17.8. The van der Waals surface area contributed by atoms with Gasteiger partial charge < -0.3 is 15.1 Å². The van der Waals surface area contributed by atoms with E-state index >= 15 is 0 Å². The first-order chi connectivity index (χ1) is 7.41. The van der Waals surface area contributed by atoms with E-state index in [1.807, 2.05) is 0 Å². The van der Waals surface area contributed by atoms with Crippen molar-refractivity contribution in [1.82, 2.24) is 4.90 Å². The van der Waals surface area contributed by atoms with Crippen molar-refractivity contribution < 1.29 is 24.2 Å². The molecule has 0 atom stereocenters. The second-order valence-corrected chi connectivity index (χ2v) is 3.22. The van der Waals surface area contributed by atoms with Gasteiger partial charge in [-0.2, -0.15) is 0 Å². The highest BCUT2D eigenvalue weighted by Crippen LogP contribution is 2.19. The molecule has 0 fully saturated rings. The van der Waals surface area contributed by atoms with E-state index in [2.05, 4.69) is 0 Å². The van der Waals surface area contributed by atoms with Crippen molar-refractivity contribution in [1.29, 1.82) is 0 Å². The summed E-state index contributed by atoms with van der Waals surface area (Å²) in [5.74, 6) is -3.03. The van der Waals surface area contributed by atoms with E-state index in [4.69, 9.17) is 5.11 Å². The van der Waals surface area contributed by atoms with Crippen LogP contribution < -0.4 is 0 Å². The van der Waals surface area contributed by atoms with Crippen LogP contribution in [0.5, 0.6) is 5.75 Å². The summed E-state index contributed by atoms with van der Waals surface area (Å²) in [5.41, 5.74) is -0.134. The molecule has 6 heteroatoms. The van der Waals surface area contributed by atoms with Crippen LogP contribution in [0.25, 0.3) is 0 Å². The number of nitrogens with zero attached hydrogens (tertiary/aromatic N) is 1. The molecule has 0 aliphatic rings. The molecule has 1 aromatic rings. The lowest BCUT2D eigenvalue weighted by molar-refractivity contribution is -0.137. The van der Waals surface area contributed by atoms with Crippen LogP contribution in [0.4, 0.5) is 4.39 Å². The van der Waals surface area contributed by atoms with Gasteiger partial charge in [-0.15, -0.1) is 0 Å². The number of carbonyl (C=O) groups excluding carboxylic acids is 1. The predicted molar refractivity (Wildman–Crippen MR) is 52.7 cm³/mol. The van der Waals surface area contributed by atoms with Gasteiger partial charge in [0.25, 0.3) is 5.91 Å². The first-order valence-electron chi connectivity index (χ1n) is 4.37. The van der Waals surface area contributed by atoms with E-state index in [0.29, 0.717) is 0 Å². The summed E-state index contributed by atoms with van der Waals surface area (Å²) in [6.45, 7) is -0.490. The van der Waals surface area contributed by atoms with Crippen LogP contribution in [-0.2, 0) is 4.79 Å². The number of likely N-dealkylation sites (N-methyl/N-ethyl adjacent to an activating group) is 1. The topological polar surface area (TPSA) is 77.8 Å². The molecular weight excluding hydrogens is 217 g/mol. The van der Waals surface area contributed by atoms with Crippen molar-refractivity contribution >= 4 is 11.9 Å². The molecule has 0 aliphatic carbocycles. The molecule has 16 heavy (non-hydrogen) atoms. The van der Waals surface area contributed by atoms with Gasteiger partial charge in [0.05, 0.1) is 5.56 Å². The average Bonchev–Trinajstić information content (AvgIpc) is 2.15. The quantitative estimate of drug-likeness (QED) is 0.796. The number of halogens is 1. The molecule has 1 amide bonds. The first kappa shape index (κ1) is 12.0. The Bertz CT molecular complexity index is 433. The van der Waals surface area contributed by atoms with Gasteiger partial charge in [-0.25, -0.2) is 4.39 Å². The van der Waals surface area contributed by atoms with Crippen molar-refractivity contribution in [3.8, 4) is 5.75 Å². The lowest BCUT2D eigenvalue weighted by atomic mass is 10.1. The fraction of sp³-hybridized carbons (Fsp3) is 0.200.